The minimum atomic E-state index is -4.14. The summed E-state index contributed by atoms with van der Waals surface area (Å²) < 4.78 is 57.9. The van der Waals surface area contributed by atoms with E-state index in [0.717, 1.165) is 12.1 Å². The fourth-order valence-corrected chi connectivity index (χ4v) is 5.12. The van der Waals surface area contributed by atoms with Crippen LogP contribution in [0.15, 0.2) is 29.8 Å². The smallest absolute Gasteiger partial charge is 0.335 e. The van der Waals surface area contributed by atoms with E-state index in [1.807, 2.05) is 0 Å². The monoisotopic (exact) mass is 449 g/mol. The molecule has 2 N–H and O–H groups in total. The number of carbonyl (C=O) groups excluding carboxylic acids is 1. The minimum absolute atomic E-state index is 0.00303. The van der Waals surface area contributed by atoms with Crippen molar-refractivity contribution >= 4 is 33.3 Å². The van der Waals surface area contributed by atoms with Crippen LogP contribution < -0.4 is 4.72 Å². The summed E-state index contributed by atoms with van der Waals surface area (Å²) in [5, 5.41) is 7.90. The van der Waals surface area contributed by atoms with E-state index < -0.39 is 39.0 Å². The van der Waals surface area contributed by atoms with Gasteiger partial charge in [0, 0.05) is 6.42 Å². The summed E-state index contributed by atoms with van der Waals surface area (Å²) in [5.41, 5.74) is -0.146. The molecular formula is C18H21ClFNO7S. The predicted molar refractivity (Wildman–Crippen MR) is 102 cm³/mol. The number of nitrogens with one attached hydrogen (secondary N) is 1. The number of esters is 1. The number of aliphatic hydroxyl groups is 1. The average molecular weight is 450 g/mol. The first-order valence-corrected chi connectivity index (χ1v) is 10.9. The summed E-state index contributed by atoms with van der Waals surface area (Å²) in [7, 11) is -4.14. The SMILES string of the molecule is CCOC(=O)C1=CC2(CCC1S(=O)(=O)Nc1ccc(F)cc1Cl)OC[C@H](CO)O2. The zero-order chi connectivity index (χ0) is 21.2. The molecule has 0 saturated carbocycles. The number of aliphatic hydroxyl groups excluding tert-OH is 1. The van der Waals surface area contributed by atoms with Crippen molar-refractivity contribution in [2.45, 2.75) is 36.9 Å². The first kappa shape index (κ1) is 22.0. The van der Waals surface area contributed by atoms with Crippen molar-refractivity contribution in [2.24, 2.45) is 0 Å². The van der Waals surface area contributed by atoms with Crippen LogP contribution in [0.1, 0.15) is 19.8 Å². The Labute approximate surface area is 172 Å². The number of carbonyl (C=O) groups is 1. The van der Waals surface area contributed by atoms with Crippen LogP contribution in [0.5, 0.6) is 0 Å². The van der Waals surface area contributed by atoms with Gasteiger partial charge in [-0.1, -0.05) is 11.6 Å². The van der Waals surface area contributed by atoms with Crippen LogP contribution in [0.3, 0.4) is 0 Å². The highest BCUT2D eigenvalue weighted by Crippen LogP contribution is 2.39. The van der Waals surface area contributed by atoms with Gasteiger partial charge >= 0.3 is 5.97 Å². The molecule has 160 valence electrons. The molecule has 1 aliphatic heterocycles. The zero-order valence-corrected chi connectivity index (χ0v) is 17.1. The number of sulfonamides is 1. The van der Waals surface area contributed by atoms with E-state index in [0.29, 0.717) is 0 Å². The second-order valence-corrected chi connectivity index (χ2v) is 8.93. The molecule has 8 nitrogen and oxygen atoms in total. The van der Waals surface area contributed by atoms with Crippen molar-refractivity contribution in [3.05, 3.63) is 40.7 Å². The third-order valence-corrected chi connectivity index (χ3v) is 6.69. The van der Waals surface area contributed by atoms with Gasteiger partial charge in [-0.3, -0.25) is 4.72 Å². The van der Waals surface area contributed by atoms with E-state index in [2.05, 4.69) is 4.72 Å². The highest BCUT2D eigenvalue weighted by atomic mass is 35.5. The van der Waals surface area contributed by atoms with E-state index in [-0.39, 0.29) is 48.9 Å². The Morgan fingerprint density at radius 1 is 1.48 bits per heavy atom. The largest absolute Gasteiger partial charge is 0.463 e. The topological polar surface area (TPSA) is 111 Å². The number of halogens is 2. The van der Waals surface area contributed by atoms with Gasteiger partial charge in [0.05, 0.1) is 36.1 Å². The number of ether oxygens (including phenoxy) is 3. The zero-order valence-electron chi connectivity index (χ0n) is 15.6. The molecule has 1 saturated heterocycles. The molecular weight excluding hydrogens is 429 g/mol. The first-order valence-electron chi connectivity index (χ1n) is 8.99. The van der Waals surface area contributed by atoms with Crippen LogP contribution in [0.25, 0.3) is 0 Å². The fourth-order valence-electron chi connectivity index (χ4n) is 3.29. The molecule has 2 aliphatic rings. The second kappa shape index (κ2) is 8.57. The minimum Gasteiger partial charge on any atom is -0.463 e. The molecule has 0 aromatic heterocycles. The van der Waals surface area contributed by atoms with Gasteiger partial charge in [0.25, 0.3) is 0 Å². The van der Waals surface area contributed by atoms with Gasteiger partial charge in [-0.25, -0.2) is 17.6 Å². The number of hydrogen-bond donors (Lipinski definition) is 2. The lowest BCUT2D eigenvalue weighted by Gasteiger charge is -2.33. The second-order valence-electron chi connectivity index (χ2n) is 6.66. The third-order valence-electron chi connectivity index (χ3n) is 4.63. The van der Waals surface area contributed by atoms with Crippen molar-refractivity contribution < 1.29 is 36.9 Å². The highest BCUT2D eigenvalue weighted by Gasteiger charge is 2.48. The molecule has 1 heterocycles. The van der Waals surface area contributed by atoms with Gasteiger partial charge in [0.2, 0.25) is 10.0 Å². The lowest BCUT2D eigenvalue weighted by atomic mass is 9.94. The van der Waals surface area contributed by atoms with Crippen LogP contribution in [0, 0.1) is 5.82 Å². The van der Waals surface area contributed by atoms with Crippen LogP contribution in [-0.2, 0) is 29.0 Å². The van der Waals surface area contributed by atoms with E-state index in [4.69, 9.17) is 25.8 Å². The summed E-state index contributed by atoms with van der Waals surface area (Å²) in [6.45, 7) is 1.50. The van der Waals surface area contributed by atoms with Crippen LogP contribution in [-0.4, -0.2) is 56.5 Å². The Morgan fingerprint density at radius 2 is 2.24 bits per heavy atom. The average Bonchev–Trinajstić information content (AvgIpc) is 3.06. The van der Waals surface area contributed by atoms with E-state index >= 15 is 0 Å². The van der Waals surface area contributed by atoms with Crippen LogP contribution >= 0.6 is 11.6 Å². The maximum absolute atomic E-state index is 13.2. The van der Waals surface area contributed by atoms with Gasteiger partial charge in [0.15, 0.2) is 5.79 Å². The van der Waals surface area contributed by atoms with Crippen molar-refractivity contribution in [3.63, 3.8) is 0 Å². The maximum Gasteiger partial charge on any atom is 0.335 e. The van der Waals surface area contributed by atoms with Crippen LogP contribution in [0.2, 0.25) is 5.02 Å². The molecule has 11 heteroatoms. The van der Waals surface area contributed by atoms with Gasteiger partial charge in [-0.2, -0.15) is 0 Å². The van der Waals surface area contributed by atoms with Gasteiger partial charge in [-0.15, -0.1) is 0 Å². The van der Waals surface area contributed by atoms with Crippen molar-refractivity contribution in [2.75, 3.05) is 24.5 Å². The van der Waals surface area contributed by atoms with Crippen LogP contribution in [0.4, 0.5) is 10.1 Å². The normalized spacial score (nSPS) is 27.0. The van der Waals surface area contributed by atoms with E-state index in [1.54, 1.807) is 6.92 Å². The summed E-state index contributed by atoms with van der Waals surface area (Å²) in [4.78, 5) is 12.5. The molecule has 0 bridgehead atoms. The lowest BCUT2D eigenvalue weighted by Crippen LogP contribution is -2.42. The highest BCUT2D eigenvalue weighted by molar-refractivity contribution is 7.93. The molecule has 1 aromatic rings. The summed E-state index contributed by atoms with van der Waals surface area (Å²) in [6, 6.07) is 3.24. The Hall–Kier alpha value is -1.72. The first-order chi connectivity index (χ1) is 13.7. The maximum atomic E-state index is 13.2. The Balaban J connectivity index is 1.93. The number of rotatable bonds is 6. The van der Waals surface area contributed by atoms with Gasteiger partial charge in [-0.05, 0) is 37.6 Å². The van der Waals surface area contributed by atoms with Crippen molar-refractivity contribution in [1.29, 1.82) is 0 Å². The van der Waals surface area contributed by atoms with Gasteiger partial charge < -0.3 is 19.3 Å². The van der Waals surface area contributed by atoms with E-state index in [1.165, 1.54) is 12.1 Å². The molecule has 1 aliphatic carbocycles. The number of benzene rings is 1. The molecule has 1 spiro atoms. The van der Waals surface area contributed by atoms with E-state index in [9.17, 15) is 22.7 Å². The standard InChI is InChI=1S/C18H21ClFNO7S/c1-2-26-17(23)13-8-18(27-10-12(9-22)28-18)6-5-16(13)29(24,25)21-15-4-3-11(20)7-14(15)19/h3-4,7-8,12,16,21-22H,2,5-6,9-10H2,1H3/t12-,16?,18?/m0/s1. The number of anilines is 1. The molecule has 0 radical (unpaired) electrons. The van der Waals surface area contributed by atoms with Crippen molar-refractivity contribution in [3.8, 4) is 0 Å². The fraction of sp³-hybridized carbons (Fsp3) is 0.500. The Bertz CT molecular complexity index is 923. The molecule has 1 aromatic carbocycles. The van der Waals surface area contributed by atoms with Crippen molar-refractivity contribution in [1.82, 2.24) is 0 Å². The number of hydrogen-bond acceptors (Lipinski definition) is 7. The van der Waals surface area contributed by atoms with Gasteiger partial charge in [0.1, 0.15) is 17.2 Å². The third kappa shape index (κ3) is 4.72. The summed E-state index contributed by atoms with van der Waals surface area (Å²) >= 11 is 5.92. The summed E-state index contributed by atoms with van der Waals surface area (Å²) in [6.07, 6.45) is 0.880. The molecule has 3 atom stereocenters. The Kier molecular flexibility index (Phi) is 6.49. The summed E-state index contributed by atoms with van der Waals surface area (Å²) in [5.74, 6) is -2.72. The molecule has 29 heavy (non-hydrogen) atoms. The molecule has 0 amide bonds. The quantitative estimate of drug-likeness (QED) is 0.639. The Morgan fingerprint density at radius 3 is 2.86 bits per heavy atom. The lowest BCUT2D eigenvalue weighted by molar-refractivity contribution is -0.148. The predicted octanol–water partition coefficient (Wildman–Crippen LogP) is 1.98. The molecule has 3 rings (SSSR count). The molecule has 2 unspecified atom stereocenters. The molecule has 1 fully saturated rings.